The molecule has 150 valence electrons. The van der Waals surface area contributed by atoms with Gasteiger partial charge in [0.25, 0.3) is 11.8 Å². The molecular formula is C21H20ClN3O4. The SMILES string of the molecule is C[C@@H](OC(=O)[C@H](Cc1c[nH]c2ccccc12)NC(=O)c1ccccc1Cl)C(N)=O. The second kappa shape index (κ2) is 8.79. The van der Waals surface area contributed by atoms with E-state index < -0.39 is 29.9 Å². The van der Waals surface area contributed by atoms with Crippen molar-refractivity contribution in [3.63, 3.8) is 0 Å². The van der Waals surface area contributed by atoms with Crippen LogP contribution in [-0.4, -0.2) is 34.9 Å². The van der Waals surface area contributed by atoms with Gasteiger partial charge in [0.2, 0.25) is 0 Å². The summed E-state index contributed by atoms with van der Waals surface area (Å²) >= 11 is 6.09. The first-order valence-electron chi connectivity index (χ1n) is 8.97. The number of fused-ring (bicyclic) bond motifs is 1. The summed E-state index contributed by atoms with van der Waals surface area (Å²) in [5, 5.41) is 3.83. The van der Waals surface area contributed by atoms with Crippen LogP contribution in [0.3, 0.4) is 0 Å². The van der Waals surface area contributed by atoms with Gasteiger partial charge in [-0.3, -0.25) is 9.59 Å². The molecule has 29 heavy (non-hydrogen) atoms. The number of H-pyrrole nitrogens is 1. The fourth-order valence-corrected chi connectivity index (χ4v) is 3.13. The Balaban J connectivity index is 1.86. The zero-order valence-corrected chi connectivity index (χ0v) is 16.4. The van der Waals surface area contributed by atoms with Gasteiger partial charge in [0.15, 0.2) is 6.10 Å². The molecule has 3 aromatic rings. The number of nitrogens with two attached hydrogens (primary N) is 1. The van der Waals surface area contributed by atoms with Crippen LogP contribution in [0.1, 0.15) is 22.8 Å². The van der Waals surface area contributed by atoms with Crippen LogP contribution < -0.4 is 11.1 Å². The Morgan fingerprint density at radius 2 is 1.83 bits per heavy atom. The van der Waals surface area contributed by atoms with Crippen LogP contribution in [0.2, 0.25) is 5.02 Å². The molecular weight excluding hydrogens is 394 g/mol. The predicted octanol–water partition coefficient (Wildman–Crippen LogP) is 2.58. The average Bonchev–Trinajstić information content (AvgIpc) is 3.10. The minimum absolute atomic E-state index is 0.157. The van der Waals surface area contributed by atoms with E-state index in [0.29, 0.717) is 0 Å². The highest BCUT2D eigenvalue weighted by molar-refractivity contribution is 6.33. The first kappa shape index (κ1) is 20.4. The fraction of sp³-hybridized carbons (Fsp3) is 0.190. The fourth-order valence-electron chi connectivity index (χ4n) is 2.91. The van der Waals surface area contributed by atoms with Crippen LogP contribution in [0.25, 0.3) is 10.9 Å². The zero-order chi connectivity index (χ0) is 21.0. The number of carbonyl (C=O) groups is 3. The molecule has 0 bridgehead atoms. The summed E-state index contributed by atoms with van der Waals surface area (Å²) in [4.78, 5) is 39.8. The highest BCUT2D eigenvalue weighted by Gasteiger charge is 2.27. The highest BCUT2D eigenvalue weighted by Crippen LogP contribution is 2.20. The quantitative estimate of drug-likeness (QED) is 0.516. The van der Waals surface area contributed by atoms with Crippen molar-refractivity contribution in [2.24, 2.45) is 5.73 Å². The molecule has 2 amide bonds. The van der Waals surface area contributed by atoms with Crippen LogP contribution in [0.15, 0.2) is 54.7 Å². The van der Waals surface area contributed by atoms with Gasteiger partial charge in [0.1, 0.15) is 6.04 Å². The maximum absolute atomic E-state index is 12.7. The third-order valence-corrected chi connectivity index (χ3v) is 4.83. The smallest absolute Gasteiger partial charge is 0.329 e. The maximum atomic E-state index is 12.7. The Morgan fingerprint density at radius 1 is 1.14 bits per heavy atom. The number of nitrogens with one attached hydrogen (secondary N) is 2. The monoisotopic (exact) mass is 413 g/mol. The summed E-state index contributed by atoms with van der Waals surface area (Å²) in [5.41, 5.74) is 7.13. The lowest BCUT2D eigenvalue weighted by Gasteiger charge is -2.19. The third-order valence-electron chi connectivity index (χ3n) is 4.50. The standard InChI is InChI=1S/C21H20ClN3O4/c1-12(19(23)26)29-21(28)18(25-20(27)15-7-2-4-8-16(15)22)10-13-11-24-17-9-5-3-6-14(13)17/h2-9,11-12,18,24H,10H2,1H3,(H2,23,26)(H,25,27)/t12-,18+/m1/s1. The van der Waals surface area contributed by atoms with Gasteiger partial charge in [-0.2, -0.15) is 0 Å². The molecule has 0 aliphatic heterocycles. The average molecular weight is 414 g/mol. The summed E-state index contributed by atoms with van der Waals surface area (Å²) in [7, 11) is 0. The van der Waals surface area contributed by atoms with E-state index >= 15 is 0 Å². The molecule has 1 aromatic heterocycles. The zero-order valence-electron chi connectivity index (χ0n) is 15.6. The van der Waals surface area contributed by atoms with Crippen molar-refractivity contribution in [2.75, 3.05) is 0 Å². The lowest BCUT2D eigenvalue weighted by molar-refractivity contribution is -0.155. The molecule has 0 aliphatic rings. The van der Waals surface area contributed by atoms with Crippen LogP contribution in [0, 0.1) is 0 Å². The molecule has 1 heterocycles. The molecule has 3 rings (SSSR count). The third kappa shape index (κ3) is 4.75. The van der Waals surface area contributed by atoms with Gasteiger partial charge in [0.05, 0.1) is 10.6 Å². The van der Waals surface area contributed by atoms with Gasteiger partial charge in [-0.05, 0) is 30.7 Å². The number of rotatable bonds is 7. The number of amides is 2. The first-order valence-corrected chi connectivity index (χ1v) is 9.35. The largest absolute Gasteiger partial charge is 0.451 e. The number of halogens is 1. The lowest BCUT2D eigenvalue weighted by Crippen LogP contribution is -2.45. The van der Waals surface area contributed by atoms with Crippen molar-refractivity contribution in [3.8, 4) is 0 Å². The lowest BCUT2D eigenvalue weighted by atomic mass is 10.0. The molecule has 2 atom stereocenters. The van der Waals surface area contributed by atoms with E-state index in [-0.39, 0.29) is 17.0 Å². The topological polar surface area (TPSA) is 114 Å². The summed E-state index contributed by atoms with van der Waals surface area (Å²) in [5.74, 6) is -2.06. The molecule has 4 N–H and O–H groups in total. The van der Waals surface area contributed by atoms with Gasteiger partial charge in [-0.15, -0.1) is 0 Å². The first-order chi connectivity index (χ1) is 13.9. The van der Waals surface area contributed by atoms with Crippen molar-refractivity contribution < 1.29 is 19.1 Å². The Bertz CT molecular complexity index is 1060. The van der Waals surface area contributed by atoms with E-state index in [1.807, 2.05) is 24.3 Å². The number of carbonyl (C=O) groups excluding carboxylic acids is 3. The highest BCUT2D eigenvalue weighted by atomic mass is 35.5. The Kier molecular flexibility index (Phi) is 6.19. The number of hydrogen-bond donors (Lipinski definition) is 3. The number of hydrogen-bond acceptors (Lipinski definition) is 4. The number of aromatic amines is 1. The van der Waals surface area contributed by atoms with Gasteiger partial charge in [-0.25, -0.2) is 4.79 Å². The van der Waals surface area contributed by atoms with Crippen molar-refractivity contribution >= 4 is 40.3 Å². The number of primary amides is 1. The number of aromatic nitrogens is 1. The molecule has 0 saturated carbocycles. The normalized spacial score (nSPS) is 12.9. The van der Waals surface area contributed by atoms with Crippen molar-refractivity contribution in [1.82, 2.24) is 10.3 Å². The molecule has 0 radical (unpaired) electrons. The molecule has 0 spiro atoms. The summed E-state index contributed by atoms with van der Waals surface area (Å²) < 4.78 is 5.13. The van der Waals surface area contributed by atoms with E-state index in [9.17, 15) is 14.4 Å². The predicted molar refractivity (Wildman–Crippen MR) is 109 cm³/mol. The Hall–Kier alpha value is -3.32. The molecule has 2 aromatic carbocycles. The van der Waals surface area contributed by atoms with Crippen molar-refractivity contribution in [3.05, 3.63) is 70.9 Å². The van der Waals surface area contributed by atoms with E-state index in [1.54, 1.807) is 30.5 Å². The summed E-state index contributed by atoms with van der Waals surface area (Å²) in [6.07, 6.45) is 0.805. The molecule has 0 fully saturated rings. The molecule has 0 unspecified atom stereocenters. The molecule has 7 nitrogen and oxygen atoms in total. The van der Waals surface area contributed by atoms with Gasteiger partial charge in [-0.1, -0.05) is 41.9 Å². The van der Waals surface area contributed by atoms with Gasteiger partial charge >= 0.3 is 5.97 Å². The van der Waals surface area contributed by atoms with E-state index in [2.05, 4.69) is 10.3 Å². The van der Waals surface area contributed by atoms with Crippen LogP contribution in [0.4, 0.5) is 0 Å². The number of esters is 1. The Labute approximate surface area is 172 Å². The van der Waals surface area contributed by atoms with Gasteiger partial charge < -0.3 is 20.8 Å². The number of para-hydroxylation sites is 1. The second-order valence-electron chi connectivity index (χ2n) is 6.55. The molecule has 0 aliphatic carbocycles. The minimum Gasteiger partial charge on any atom is -0.451 e. The summed E-state index contributed by atoms with van der Waals surface area (Å²) in [6.45, 7) is 1.37. The van der Waals surface area contributed by atoms with E-state index in [1.165, 1.54) is 6.92 Å². The Morgan fingerprint density at radius 3 is 2.55 bits per heavy atom. The van der Waals surface area contributed by atoms with Crippen molar-refractivity contribution in [2.45, 2.75) is 25.5 Å². The second-order valence-corrected chi connectivity index (χ2v) is 6.96. The summed E-state index contributed by atoms with van der Waals surface area (Å²) in [6, 6.07) is 13.0. The van der Waals surface area contributed by atoms with Crippen LogP contribution >= 0.6 is 11.6 Å². The molecule has 8 heteroatoms. The number of benzene rings is 2. The van der Waals surface area contributed by atoms with Crippen LogP contribution in [-0.2, 0) is 20.7 Å². The van der Waals surface area contributed by atoms with Gasteiger partial charge in [0, 0.05) is 23.5 Å². The van der Waals surface area contributed by atoms with Crippen LogP contribution in [0.5, 0.6) is 0 Å². The van der Waals surface area contributed by atoms with Crippen molar-refractivity contribution in [1.29, 1.82) is 0 Å². The van der Waals surface area contributed by atoms with E-state index in [4.69, 9.17) is 22.1 Å². The maximum Gasteiger partial charge on any atom is 0.329 e. The molecule has 0 saturated heterocycles. The minimum atomic E-state index is -1.12. The number of ether oxygens (including phenoxy) is 1. The van der Waals surface area contributed by atoms with E-state index in [0.717, 1.165) is 16.5 Å².